The van der Waals surface area contributed by atoms with Crippen LogP contribution in [0, 0.1) is 20.8 Å². The Balaban J connectivity index is 1.54. The van der Waals surface area contributed by atoms with Crippen molar-refractivity contribution in [2.45, 2.75) is 63.8 Å². The van der Waals surface area contributed by atoms with Gasteiger partial charge in [-0.1, -0.05) is 37.0 Å². The molecule has 1 aliphatic carbocycles. The van der Waals surface area contributed by atoms with Crippen molar-refractivity contribution in [2.24, 2.45) is 0 Å². The number of nitrogens with zero attached hydrogens (tertiary/aromatic N) is 4. The summed E-state index contributed by atoms with van der Waals surface area (Å²) in [7, 11) is -3.55. The Morgan fingerprint density at radius 3 is 2.14 bits per heavy atom. The van der Waals surface area contributed by atoms with Crippen LogP contribution in [0.25, 0.3) is 5.69 Å². The minimum atomic E-state index is -3.55. The predicted molar refractivity (Wildman–Crippen MR) is 115 cm³/mol. The van der Waals surface area contributed by atoms with E-state index in [2.05, 4.69) is 10.00 Å². The van der Waals surface area contributed by atoms with E-state index >= 15 is 0 Å². The molecule has 29 heavy (non-hydrogen) atoms. The first-order valence-corrected chi connectivity index (χ1v) is 12.2. The number of hydrogen-bond acceptors (Lipinski definition) is 4. The summed E-state index contributed by atoms with van der Waals surface area (Å²) in [5.74, 6) is 0. The summed E-state index contributed by atoms with van der Waals surface area (Å²) in [5.41, 5.74) is 3.30. The first kappa shape index (κ1) is 20.6. The average Bonchev–Trinajstić information content (AvgIpc) is 3.04. The maximum Gasteiger partial charge on any atom is 0.246 e. The molecule has 1 aromatic carbocycles. The Morgan fingerprint density at radius 2 is 1.52 bits per heavy atom. The maximum atomic E-state index is 13.5. The minimum Gasteiger partial charge on any atom is -0.298 e. The highest BCUT2D eigenvalue weighted by molar-refractivity contribution is 7.89. The van der Waals surface area contributed by atoms with Crippen LogP contribution in [0.2, 0.25) is 0 Å². The molecule has 2 heterocycles. The third-order valence-electron chi connectivity index (χ3n) is 6.47. The molecule has 158 valence electrons. The van der Waals surface area contributed by atoms with Crippen LogP contribution in [0.3, 0.4) is 0 Å². The molecule has 1 saturated heterocycles. The fourth-order valence-electron chi connectivity index (χ4n) is 4.82. The van der Waals surface area contributed by atoms with Gasteiger partial charge in [-0.3, -0.25) is 4.90 Å². The molecule has 0 bridgehead atoms. The number of rotatable bonds is 4. The summed E-state index contributed by atoms with van der Waals surface area (Å²) >= 11 is 0. The second kappa shape index (κ2) is 8.20. The molecule has 4 rings (SSSR count). The lowest BCUT2D eigenvalue weighted by Crippen LogP contribution is -2.52. The first-order chi connectivity index (χ1) is 13.9. The molecule has 2 aliphatic rings. The van der Waals surface area contributed by atoms with Crippen molar-refractivity contribution in [2.75, 3.05) is 26.2 Å². The Morgan fingerprint density at radius 1 is 0.897 bits per heavy atom. The topological polar surface area (TPSA) is 58.4 Å². The molecule has 0 atom stereocenters. The van der Waals surface area contributed by atoms with Crippen LogP contribution in [0.4, 0.5) is 0 Å². The van der Waals surface area contributed by atoms with Crippen LogP contribution in [0.1, 0.15) is 49.1 Å². The van der Waals surface area contributed by atoms with Crippen LogP contribution in [-0.2, 0) is 10.0 Å². The number of aromatic nitrogens is 2. The fourth-order valence-corrected chi connectivity index (χ4v) is 6.60. The molecule has 0 spiro atoms. The van der Waals surface area contributed by atoms with E-state index in [0.717, 1.165) is 18.8 Å². The predicted octanol–water partition coefficient (Wildman–Crippen LogP) is 3.44. The number of benzene rings is 1. The SMILES string of the molecule is Cc1ccc(-n2nc(C)c(S(=O)(=O)N3CCN(C4CCCCC4)CC3)c2C)cc1. The van der Waals surface area contributed by atoms with Crippen LogP contribution < -0.4 is 0 Å². The largest absolute Gasteiger partial charge is 0.298 e. The highest BCUT2D eigenvalue weighted by Crippen LogP contribution is 2.28. The second-order valence-corrected chi connectivity index (χ2v) is 10.4. The van der Waals surface area contributed by atoms with E-state index in [4.69, 9.17) is 0 Å². The summed E-state index contributed by atoms with van der Waals surface area (Å²) in [6.45, 7) is 8.46. The van der Waals surface area contributed by atoms with Crippen LogP contribution >= 0.6 is 0 Å². The number of aryl methyl sites for hydroxylation is 2. The summed E-state index contributed by atoms with van der Waals surface area (Å²) in [5, 5.41) is 4.56. The van der Waals surface area contributed by atoms with E-state index in [9.17, 15) is 8.42 Å². The zero-order valence-electron chi connectivity index (χ0n) is 17.8. The molecule has 7 heteroatoms. The summed E-state index contributed by atoms with van der Waals surface area (Å²) in [4.78, 5) is 2.87. The van der Waals surface area contributed by atoms with E-state index in [1.165, 1.54) is 37.7 Å². The quantitative estimate of drug-likeness (QED) is 0.766. The zero-order chi connectivity index (χ0) is 20.6. The van der Waals surface area contributed by atoms with Crippen molar-refractivity contribution >= 4 is 10.0 Å². The molecule has 1 aliphatic heterocycles. The normalized spacial score (nSPS) is 20.2. The second-order valence-electron chi connectivity index (χ2n) is 8.48. The molecule has 0 radical (unpaired) electrons. The lowest BCUT2D eigenvalue weighted by Gasteiger charge is -2.40. The van der Waals surface area contributed by atoms with Gasteiger partial charge in [0.05, 0.1) is 17.1 Å². The van der Waals surface area contributed by atoms with Gasteiger partial charge in [0.1, 0.15) is 4.90 Å². The van der Waals surface area contributed by atoms with Crippen molar-refractivity contribution in [1.82, 2.24) is 19.0 Å². The third-order valence-corrected chi connectivity index (χ3v) is 8.62. The van der Waals surface area contributed by atoms with E-state index in [-0.39, 0.29) is 0 Å². The van der Waals surface area contributed by atoms with Gasteiger partial charge < -0.3 is 0 Å². The molecular formula is C22H32N4O2S. The Bertz CT molecular complexity index is 951. The van der Waals surface area contributed by atoms with Gasteiger partial charge in [-0.05, 0) is 45.7 Å². The number of hydrogen-bond donors (Lipinski definition) is 0. The van der Waals surface area contributed by atoms with E-state index in [1.807, 2.05) is 38.1 Å². The standard InChI is InChI=1S/C22H32N4O2S/c1-17-9-11-21(12-10-17)26-19(3)22(18(2)23-26)29(27,28)25-15-13-24(14-16-25)20-7-5-4-6-8-20/h9-12,20H,4-8,13-16H2,1-3H3. The lowest BCUT2D eigenvalue weighted by atomic mass is 9.94. The van der Waals surface area contributed by atoms with Crippen molar-refractivity contribution in [1.29, 1.82) is 0 Å². The molecule has 6 nitrogen and oxygen atoms in total. The number of piperazine rings is 1. The van der Waals surface area contributed by atoms with Crippen LogP contribution in [0.15, 0.2) is 29.2 Å². The van der Waals surface area contributed by atoms with Crippen LogP contribution in [-0.4, -0.2) is 59.6 Å². The van der Waals surface area contributed by atoms with E-state index < -0.39 is 10.0 Å². The Hall–Kier alpha value is -1.70. The smallest absolute Gasteiger partial charge is 0.246 e. The fraction of sp³-hybridized carbons (Fsp3) is 0.591. The van der Waals surface area contributed by atoms with Crippen molar-refractivity contribution in [3.63, 3.8) is 0 Å². The molecule has 1 aromatic heterocycles. The highest BCUT2D eigenvalue weighted by Gasteiger charge is 2.35. The van der Waals surface area contributed by atoms with Gasteiger partial charge in [-0.2, -0.15) is 9.40 Å². The highest BCUT2D eigenvalue weighted by atomic mass is 32.2. The Labute approximate surface area is 174 Å². The summed E-state index contributed by atoms with van der Waals surface area (Å²) < 4.78 is 30.3. The molecule has 1 saturated carbocycles. The molecule has 2 aromatic rings. The Kier molecular flexibility index (Phi) is 5.82. The molecule has 0 unspecified atom stereocenters. The summed E-state index contributed by atoms with van der Waals surface area (Å²) in [6, 6.07) is 8.64. The van der Waals surface area contributed by atoms with E-state index in [0.29, 0.717) is 35.4 Å². The van der Waals surface area contributed by atoms with Gasteiger partial charge in [0, 0.05) is 32.2 Å². The lowest BCUT2D eigenvalue weighted by molar-refractivity contribution is 0.111. The zero-order valence-corrected chi connectivity index (χ0v) is 18.6. The van der Waals surface area contributed by atoms with Crippen LogP contribution in [0.5, 0.6) is 0 Å². The van der Waals surface area contributed by atoms with Gasteiger partial charge in [0.15, 0.2) is 0 Å². The van der Waals surface area contributed by atoms with Crippen molar-refractivity contribution in [3.8, 4) is 5.69 Å². The molecule has 2 fully saturated rings. The average molecular weight is 417 g/mol. The van der Waals surface area contributed by atoms with Crippen molar-refractivity contribution in [3.05, 3.63) is 41.2 Å². The van der Waals surface area contributed by atoms with Gasteiger partial charge in [0.25, 0.3) is 0 Å². The van der Waals surface area contributed by atoms with Gasteiger partial charge in [-0.25, -0.2) is 13.1 Å². The van der Waals surface area contributed by atoms with Crippen molar-refractivity contribution < 1.29 is 8.42 Å². The summed E-state index contributed by atoms with van der Waals surface area (Å²) in [6.07, 6.45) is 6.47. The van der Waals surface area contributed by atoms with Gasteiger partial charge >= 0.3 is 0 Å². The monoisotopic (exact) mass is 416 g/mol. The molecule has 0 amide bonds. The first-order valence-electron chi connectivity index (χ1n) is 10.8. The molecule has 0 N–H and O–H groups in total. The minimum absolute atomic E-state index is 0.365. The van der Waals surface area contributed by atoms with E-state index in [1.54, 1.807) is 15.9 Å². The third kappa shape index (κ3) is 4.00. The molecular weight excluding hydrogens is 384 g/mol. The van der Waals surface area contributed by atoms with Gasteiger partial charge in [0.2, 0.25) is 10.0 Å². The number of sulfonamides is 1. The van der Waals surface area contributed by atoms with Gasteiger partial charge in [-0.15, -0.1) is 0 Å². The maximum absolute atomic E-state index is 13.5.